The molecule has 4 rings (SSSR count). The molecule has 2 aromatic rings. The van der Waals surface area contributed by atoms with Crippen molar-refractivity contribution in [2.75, 3.05) is 5.32 Å². The van der Waals surface area contributed by atoms with Crippen LogP contribution in [0.3, 0.4) is 0 Å². The van der Waals surface area contributed by atoms with Gasteiger partial charge in [0.2, 0.25) is 5.91 Å². The van der Waals surface area contributed by atoms with Gasteiger partial charge in [0.25, 0.3) is 11.4 Å². The number of fused-ring (bicyclic) bond motifs is 2. The maximum absolute atomic E-state index is 13.6. The molecule has 0 spiro atoms. The van der Waals surface area contributed by atoms with Crippen molar-refractivity contribution in [3.05, 3.63) is 74.3 Å². The van der Waals surface area contributed by atoms with E-state index in [9.17, 15) is 29.8 Å². The fourth-order valence-electron chi connectivity index (χ4n) is 5.37. The third kappa shape index (κ3) is 3.63. The molecule has 11 heteroatoms. The first-order valence-corrected chi connectivity index (χ1v) is 11.0. The van der Waals surface area contributed by atoms with Gasteiger partial charge in [-0.1, -0.05) is 38.1 Å². The Bertz CT molecular complexity index is 1270. The molecule has 2 fully saturated rings. The quantitative estimate of drug-likeness (QED) is 0.351. The number of hydrogen-bond donors (Lipinski definition) is 1. The number of para-hydroxylation sites is 2. The molecule has 2 aromatic carbocycles. The average molecular weight is 480 g/mol. The second-order valence-corrected chi connectivity index (χ2v) is 9.67. The molecular formula is C24H24N4O7. The van der Waals surface area contributed by atoms with Crippen molar-refractivity contribution in [3.8, 4) is 0 Å². The van der Waals surface area contributed by atoms with Gasteiger partial charge < -0.3 is 10.2 Å². The summed E-state index contributed by atoms with van der Waals surface area (Å²) in [4.78, 5) is 52.3. The third-order valence-electron chi connectivity index (χ3n) is 8.07. The van der Waals surface area contributed by atoms with Crippen LogP contribution < -0.4 is 5.32 Å². The largest absolute Gasteiger partial charge is 0.365 e. The van der Waals surface area contributed by atoms with Crippen LogP contribution in [0.1, 0.15) is 50.4 Å². The second kappa shape index (κ2) is 8.26. The first-order chi connectivity index (χ1) is 16.4. The van der Waals surface area contributed by atoms with Gasteiger partial charge in [0.1, 0.15) is 5.69 Å². The van der Waals surface area contributed by atoms with Crippen molar-refractivity contribution < 1.29 is 24.3 Å². The number of nitro groups is 2. The van der Waals surface area contributed by atoms with Gasteiger partial charge in [0, 0.05) is 30.0 Å². The highest BCUT2D eigenvalue weighted by Gasteiger charge is 2.71. The van der Waals surface area contributed by atoms with Crippen LogP contribution in [0.4, 0.5) is 17.1 Å². The highest BCUT2D eigenvalue weighted by atomic mass is 16.7. The van der Waals surface area contributed by atoms with E-state index in [1.165, 1.54) is 42.5 Å². The van der Waals surface area contributed by atoms with Crippen molar-refractivity contribution in [2.24, 2.45) is 21.4 Å². The average Bonchev–Trinajstić information content (AvgIpc) is 3.13. The number of carbonyl (C=O) groups excluding carboxylic acids is 2. The smallest absolute Gasteiger partial charge is 0.320 e. The molecule has 0 aliphatic heterocycles. The zero-order chi connectivity index (χ0) is 25.6. The highest BCUT2D eigenvalue weighted by molar-refractivity contribution is 6.07. The van der Waals surface area contributed by atoms with Crippen molar-refractivity contribution in [1.29, 1.82) is 0 Å². The molecule has 0 aromatic heterocycles. The molecule has 11 nitrogen and oxygen atoms in total. The van der Waals surface area contributed by atoms with Gasteiger partial charge >= 0.3 is 5.97 Å². The van der Waals surface area contributed by atoms with E-state index >= 15 is 0 Å². The van der Waals surface area contributed by atoms with E-state index in [4.69, 9.17) is 4.84 Å². The minimum absolute atomic E-state index is 0.108. The van der Waals surface area contributed by atoms with E-state index in [0.717, 1.165) is 0 Å². The Kier molecular flexibility index (Phi) is 5.66. The Morgan fingerprint density at radius 1 is 0.971 bits per heavy atom. The Labute approximate surface area is 200 Å². The van der Waals surface area contributed by atoms with Crippen molar-refractivity contribution >= 4 is 34.7 Å². The third-order valence-corrected chi connectivity index (χ3v) is 8.07. The van der Waals surface area contributed by atoms with Crippen LogP contribution in [0.5, 0.6) is 0 Å². The van der Waals surface area contributed by atoms with Crippen LogP contribution in [-0.4, -0.2) is 27.4 Å². The first-order valence-electron chi connectivity index (χ1n) is 11.0. The van der Waals surface area contributed by atoms with E-state index in [0.29, 0.717) is 18.6 Å². The number of carbonyl (C=O) groups is 2. The lowest BCUT2D eigenvalue weighted by Gasteiger charge is -2.39. The van der Waals surface area contributed by atoms with E-state index in [-0.39, 0.29) is 35.0 Å². The lowest BCUT2D eigenvalue weighted by molar-refractivity contribution is -0.384. The molecule has 2 saturated carbocycles. The van der Waals surface area contributed by atoms with Gasteiger partial charge in [-0.25, -0.2) is 4.79 Å². The van der Waals surface area contributed by atoms with E-state index in [1.54, 1.807) is 6.07 Å². The number of anilines is 1. The molecule has 2 aliphatic rings. The maximum atomic E-state index is 13.6. The lowest BCUT2D eigenvalue weighted by Crippen LogP contribution is -2.43. The van der Waals surface area contributed by atoms with E-state index in [1.807, 2.05) is 20.8 Å². The highest BCUT2D eigenvalue weighted by Crippen LogP contribution is 2.71. The molecule has 2 aliphatic carbocycles. The molecule has 2 unspecified atom stereocenters. The van der Waals surface area contributed by atoms with E-state index in [2.05, 4.69) is 10.5 Å². The standard InChI is InChI=1S/C24H24N4O7/c1-22(2)23(3)12-13-24(22,21(30)25-17-6-4-5-7-18(17)28(33)34)14-19(23)26-35-20(29)15-8-10-16(11-9-15)27(31)32/h4-11H,12-14H2,1-3H3,(H,25,30). The van der Waals surface area contributed by atoms with Gasteiger partial charge in [0.05, 0.1) is 26.5 Å². The molecule has 0 radical (unpaired) electrons. The predicted molar refractivity (Wildman–Crippen MR) is 126 cm³/mol. The topological polar surface area (TPSA) is 154 Å². The van der Waals surface area contributed by atoms with Crippen LogP contribution in [0.25, 0.3) is 0 Å². The molecule has 0 heterocycles. The van der Waals surface area contributed by atoms with Gasteiger partial charge in [-0.2, -0.15) is 0 Å². The van der Waals surface area contributed by atoms with Crippen molar-refractivity contribution in [1.82, 2.24) is 0 Å². The molecule has 1 N–H and O–H groups in total. The second-order valence-electron chi connectivity index (χ2n) is 9.67. The number of rotatable bonds is 6. The number of amides is 1. The predicted octanol–water partition coefficient (Wildman–Crippen LogP) is 4.87. The van der Waals surface area contributed by atoms with E-state index < -0.39 is 32.1 Å². The Morgan fingerprint density at radius 2 is 1.63 bits per heavy atom. The number of hydrogen-bond acceptors (Lipinski definition) is 8. The summed E-state index contributed by atoms with van der Waals surface area (Å²) in [5.41, 5.74) is -1.57. The molecule has 2 atom stereocenters. The molecule has 35 heavy (non-hydrogen) atoms. The number of non-ortho nitro benzene ring substituents is 1. The Morgan fingerprint density at radius 3 is 2.26 bits per heavy atom. The Hall–Kier alpha value is -4.15. The first kappa shape index (κ1) is 24.0. The van der Waals surface area contributed by atoms with Crippen molar-refractivity contribution in [3.63, 3.8) is 0 Å². The van der Waals surface area contributed by atoms with Gasteiger partial charge in [-0.05, 0) is 36.5 Å². The monoisotopic (exact) mass is 480 g/mol. The molecular weight excluding hydrogens is 456 g/mol. The Balaban J connectivity index is 1.58. The fourth-order valence-corrected chi connectivity index (χ4v) is 5.37. The summed E-state index contributed by atoms with van der Waals surface area (Å²) >= 11 is 0. The normalized spacial score (nSPS) is 25.3. The summed E-state index contributed by atoms with van der Waals surface area (Å²) in [6.07, 6.45) is 1.41. The minimum atomic E-state index is -0.899. The number of nitrogens with one attached hydrogen (secondary N) is 1. The lowest BCUT2D eigenvalue weighted by atomic mass is 9.64. The number of oxime groups is 1. The van der Waals surface area contributed by atoms with Gasteiger partial charge in [-0.15, -0.1) is 0 Å². The number of nitrogens with zero attached hydrogens (tertiary/aromatic N) is 3. The van der Waals surface area contributed by atoms with Crippen LogP contribution in [0, 0.1) is 36.5 Å². The summed E-state index contributed by atoms with van der Waals surface area (Å²) < 4.78 is 0. The summed E-state index contributed by atoms with van der Waals surface area (Å²) in [7, 11) is 0. The SMILES string of the molecule is CC12CCC(C(=O)Nc3ccccc3[N+](=O)[O-])(CC1=NOC(=O)c1ccc([N+](=O)[O-])cc1)C2(C)C. The van der Waals surface area contributed by atoms with Crippen LogP contribution in [-0.2, 0) is 9.63 Å². The summed E-state index contributed by atoms with van der Waals surface area (Å²) in [6, 6.07) is 10.9. The zero-order valence-electron chi connectivity index (χ0n) is 19.4. The maximum Gasteiger partial charge on any atom is 0.365 e. The van der Waals surface area contributed by atoms with Crippen molar-refractivity contribution in [2.45, 2.75) is 40.0 Å². The summed E-state index contributed by atoms with van der Waals surface area (Å²) in [5.74, 6) is -1.11. The fraction of sp³-hybridized carbons (Fsp3) is 0.375. The number of nitro benzene ring substituents is 2. The minimum Gasteiger partial charge on any atom is -0.320 e. The summed E-state index contributed by atoms with van der Waals surface area (Å²) in [5, 5.41) is 29.1. The van der Waals surface area contributed by atoms with Crippen LogP contribution in [0.15, 0.2) is 53.7 Å². The summed E-state index contributed by atoms with van der Waals surface area (Å²) in [6.45, 7) is 5.89. The van der Waals surface area contributed by atoms with Gasteiger partial charge in [0.15, 0.2) is 0 Å². The number of benzene rings is 2. The van der Waals surface area contributed by atoms with Crippen LogP contribution >= 0.6 is 0 Å². The molecule has 2 bridgehead atoms. The molecule has 182 valence electrons. The van der Waals surface area contributed by atoms with Gasteiger partial charge in [-0.3, -0.25) is 25.0 Å². The molecule has 0 saturated heterocycles. The molecule has 1 amide bonds. The zero-order valence-corrected chi connectivity index (χ0v) is 19.4. The van der Waals surface area contributed by atoms with Crippen LogP contribution in [0.2, 0.25) is 0 Å².